The molecule has 114 valence electrons. The molecule has 5 heteroatoms. The molecular weight excluding hydrogens is 264 g/mol. The molecule has 2 saturated heterocycles. The molecule has 2 aliphatic heterocycles. The number of aryl methyl sites for hydroxylation is 1. The van der Waals surface area contributed by atoms with Crippen LogP contribution >= 0.6 is 0 Å². The fourth-order valence-corrected chi connectivity index (χ4v) is 3.93. The van der Waals surface area contributed by atoms with E-state index in [1.54, 1.807) is 6.20 Å². The summed E-state index contributed by atoms with van der Waals surface area (Å²) in [6.45, 7) is 4.89. The van der Waals surface area contributed by atoms with E-state index in [2.05, 4.69) is 22.1 Å². The number of fused-ring (bicyclic) bond motifs is 2. The molecule has 1 aromatic heterocycles. The molecule has 0 saturated carbocycles. The Kier molecular flexibility index (Phi) is 3.85. The number of aromatic nitrogens is 1. The van der Waals surface area contributed by atoms with Crippen molar-refractivity contribution in [3.05, 3.63) is 23.4 Å². The summed E-state index contributed by atoms with van der Waals surface area (Å²) in [6.07, 6.45) is 6.55. The van der Waals surface area contributed by atoms with Gasteiger partial charge in [-0.3, -0.25) is 4.79 Å². The van der Waals surface area contributed by atoms with Gasteiger partial charge in [-0.1, -0.05) is 0 Å². The van der Waals surface area contributed by atoms with E-state index in [0.717, 1.165) is 30.8 Å². The number of primary amides is 1. The maximum atomic E-state index is 11.8. The lowest BCUT2D eigenvalue weighted by molar-refractivity contribution is 0.0999. The molecular formula is C16H24N4O. The van der Waals surface area contributed by atoms with Crippen LogP contribution in [0.15, 0.2) is 12.3 Å². The van der Waals surface area contributed by atoms with Gasteiger partial charge >= 0.3 is 0 Å². The van der Waals surface area contributed by atoms with Gasteiger partial charge in [-0.2, -0.15) is 0 Å². The van der Waals surface area contributed by atoms with Crippen LogP contribution in [-0.2, 0) is 0 Å². The van der Waals surface area contributed by atoms with Crippen LogP contribution in [0.3, 0.4) is 0 Å². The maximum Gasteiger partial charge on any atom is 0.252 e. The van der Waals surface area contributed by atoms with Gasteiger partial charge in [-0.15, -0.1) is 0 Å². The molecule has 0 radical (unpaired) electrons. The first-order valence-electron chi connectivity index (χ1n) is 7.88. The number of nitrogens with zero attached hydrogens (tertiary/aromatic N) is 2. The van der Waals surface area contributed by atoms with Crippen molar-refractivity contribution in [3.8, 4) is 0 Å². The Balaban J connectivity index is 1.93. The van der Waals surface area contributed by atoms with Crippen LogP contribution in [0, 0.1) is 6.92 Å². The largest absolute Gasteiger partial charge is 0.365 e. The highest BCUT2D eigenvalue weighted by Crippen LogP contribution is 2.33. The summed E-state index contributed by atoms with van der Waals surface area (Å²) >= 11 is 0. The van der Waals surface area contributed by atoms with Crippen LogP contribution < -0.4 is 16.0 Å². The van der Waals surface area contributed by atoms with E-state index in [9.17, 15) is 4.79 Å². The standard InChI is InChI=1S/C16H24N4O/c1-3-20(13-8-11-4-5-12(9-13)19-11)16-14(15(17)21)10(2)6-7-18-16/h6-7,11-13,19H,3-5,8-9H2,1-2H3,(H2,17,21). The summed E-state index contributed by atoms with van der Waals surface area (Å²) in [4.78, 5) is 18.6. The van der Waals surface area contributed by atoms with Crippen LogP contribution in [0.1, 0.15) is 48.5 Å². The van der Waals surface area contributed by atoms with Crippen molar-refractivity contribution in [2.75, 3.05) is 11.4 Å². The normalized spacial score (nSPS) is 27.6. The lowest BCUT2D eigenvalue weighted by Crippen LogP contribution is -2.49. The predicted octanol–water partition coefficient (Wildman–Crippen LogP) is 1.60. The molecule has 3 heterocycles. The topological polar surface area (TPSA) is 71.2 Å². The average molecular weight is 288 g/mol. The van der Waals surface area contributed by atoms with Gasteiger partial charge in [0.1, 0.15) is 5.82 Å². The number of hydrogen-bond acceptors (Lipinski definition) is 4. The van der Waals surface area contributed by atoms with Crippen molar-refractivity contribution >= 4 is 11.7 Å². The minimum Gasteiger partial charge on any atom is -0.365 e. The molecule has 2 atom stereocenters. The highest BCUT2D eigenvalue weighted by Gasteiger charge is 2.36. The number of carbonyl (C=O) groups is 1. The van der Waals surface area contributed by atoms with Crippen LogP contribution in [0.5, 0.6) is 0 Å². The Morgan fingerprint density at radius 3 is 2.67 bits per heavy atom. The smallest absolute Gasteiger partial charge is 0.252 e. The summed E-state index contributed by atoms with van der Waals surface area (Å²) in [6, 6.07) is 3.53. The third-order valence-electron chi connectivity index (χ3n) is 4.89. The van der Waals surface area contributed by atoms with Crippen molar-refractivity contribution in [2.24, 2.45) is 5.73 Å². The van der Waals surface area contributed by atoms with Crippen molar-refractivity contribution < 1.29 is 4.79 Å². The third-order valence-corrected chi connectivity index (χ3v) is 4.89. The van der Waals surface area contributed by atoms with Gasteiger partial charge in [0.2, 0.25) is 0 Å². The molecule has 2 fully saturated rings. The van der Waals surface area contributed by atoms with E-state index in [0.29, 0.717) is 23.7 Å². The van der Waals surface area contributed by atoms with Gasteiger partial charge in [-0.05, 0) is 51.2 Å². The van der Waals surface area contributed by atoms with E-state index in [-0.39, 0.29) is 5.91 Å². The molecule has 2 bridgehead atoms. The van der Waals surface area contributed by atoms with Crippen LogP contribution in [-0.4, -0.2) is 35.6 Å². The molecule has 0 aromatic carbocycles. The van der Waals surface area contributed by atoms with E-state index < -0.39 is 0 Å². The Labute approximate surface area is 125 Å². The molecule has 2 aliphatic rings. The Bertz CT molecular complexity index is 533. The van der Waals surface area contributed by atoms with E-state index >= 15 is 0 Å². The van der Waals surface area contributed by atoms with Crippen molar-refractivity contribution in [2.45, 2.75) is 57.7 Å². The second-order valence-electron chi connectivity index (χ2n) is 6.24. The van der Waals surface area contributed by atoms with Gasteiger partial charge in [0, 0.05) is 30.9 Å². The number of pyridine rings is 1. The minimum absolute atomic E-state index is 0.383. The number of piperidine rings is 1. The zero-order chi connectivity index (χ0) is 15.0. The Morgan fingerprint density at radius 2 is 2.10 bits per heavy atom. The van der Waals surface area contributed by atoms with E-state index in [1.165, 1.54) is 12.8 Å². The van der Waals surface area contributed by atoms with Crippen LogP contribution in [0.25, 0.3) is 0 Å². The summed E-state index contributed by atoms with van der Waals surface area (Å²) in [5.41, 5.74) is 7.07. The van der Waals surface area contributed by atoms with E-state index in [4.69, 9.17) is 5.73 Å². The highest BCUT2D eigenvalue weighted by molar-refractivity contribution is 5.99. The van der Waals surface area contributed by atoms with Crippen molar-refractivity contribution in [1.29, 1.82) is 0 Å². The predicted molar refractivity (Wildman–Crippen MR) is 83.5 cm³/mol. The Hall–Kier alpha value is -1.62. The molecule has 0 spiro atoms. The van der Waals surface area contributed by atoms with E-state index in [1.807, 2.05) is 13.0 Å². The summed E-state index contributed by atoms with van der Waals surface area (Å²) in [5.74, 6) is 0.377. The van der Waals surface area contributed by atoms with Gasteiger partial charge in [-0.25, -0.2) is 4.98 Å². The average Bonchev–Trinajstić information content (AvgIpc) is 2.78. The molecule has 5 nitrogen and oxygen atoms in total. The first kappa shape index (κ1) is 14.3. The molecule has 1 aromatic rings. The minimum atomic E-state index is -0.383. The number of rotatable bonds is 4. The molecule has 21 heavy (non-hydrogen) atoms. The lowest BCUT2D eigenvalue weighted by Gasteiger charge is -2.38. The number of hydrogen-bond donors (Lipinski definition) is 2. The van der Waals surface area contributed by atoms with Crippen LogP contribution in [0.4, 0.5) is 5.82 Å². The van der Waals surface area contributed by atoms with Gasteiger partial charge in [0.15, 0.2) is 0 Å². The number of carbonyl (C=O) groups excluding carboxylic acids is 1. The quantitative estimate of drug-likeness (QED) is 0.883. The number of anilines is 1. The monoisotopic (exact) mass is 288 g/mol. The second-order valence-corrected chi connectivity index (χ2v) is 6.24. The fourth-order valence-electron chi connectivity index (χ4n) is 3.93. The van der Waals surface area contributed by atoms with Gasteiger partial charge in [0.05, 0.1) is 5.56 Å². The molecule has 0 aliphatic carbocycles. The number of nitrogens with one attached hydrogen (secondary N) is 1. The summed E-state index contributed by atoms with van der Waals surface area (Å²) < 4.78 is 0. The van der Waals surface area contributed by atoms with Crippen molar-refractivity contribution in [1.82, 2.24) is 10.3 Å². The number of amides is 1. The Morgan fingerprint density at radius 1 is 1.43 bits per heavy atom. The number of nitrogens with two attached hydrogens (primary N) is 1. The third kappa shape index (κ3) is 2.62. The summed E-state index contributed by atoms with van der Waals surface area (Å²) in [5, 5.41) is 3.66. The lowest BCUT2D eigenvalue weighted by atomic mass is 9.97. The SMILES string of the molecule is CCN(c1nccc(C)c1C(N)=O)C1CC2CCC(C1)N2. The fraction of sp³-hybridized carbons (Fsp3) is 0.625. The van der Waals surface area contributed by atoms with Gasteiger partial charge < -0.3 is 16.0 Å². The second kappa shape index (κ2) is 5.64. The van der Waals surface area contributed by atoms with Crippen molar-refractivity contribution in [3.63, 3.8) is 0 Å². The zero-order valence-electron chi connectivity index (χ0n) is 12.8. The molecule has 3 N–H and O–H groups in total. The molecule has 1 amide bonds. The molecule has 3 rings (SSSR count). The summed E-state index contributed by atoms with van der Waals surface area (Å²) in [7, 11) is 0. The highest BCUT2D eigenvalue weighted by atomic mass is 16.1. The first-order valence-corrected chi connectivity index (χ1v) is 7.88. The molecule has 2 unspecified atom stereocenters. The zero-order valence-corrected chi connectivity index (χ0v) is 12.8. The first-order chi connectivity index (χ1) is 10.1. The van der Waals surface area contributed by atoms with Crippen LogP contribution in [0.2, 0.25) is 0 Å². The maximum absolute atomic E-state index is 11.8. The van der Waals surface area contributed by atoms with Gasteiger partial charge in [0.25, 0.3) is 5.91 Å².